The molecule has 0 saturated carbocycles. The van der Waals surface area contributed by atoms with Crippen molar-refractivity contribution in [3.05, 3.63) is 4.88 Å². The van der Waals surface area contributed by atoms with Crippen molar-refractivity contribution in [1.82, 2.24) is 14.8 Å². The number of likely N-dealkylation sites (N-methyl/N-ethyl adjacent to an activating group) is 1. The lowest BCUT2D eigenvalue weighted by Crippen LogP contribution is -2.52. The third kappa shape index (κ3) is 3.21. The van der Waals surface area contributed by atoms with Gasteiger partial charge in [-0.05, 0) is 20.4 Å². The van der Waals surface area contributed by atoms with E-state index in [2.05, 4.69) is 36.1 Å². The topological polar surface area (TPSA) is 74.5 Å². The first-order valence-electron chi connectivity index (χ1n) is 7.02. The number of carbonyl (C=O) groups is 1. The Morgan fingerprint density at radius 2 is 2.30 bits per heavy atom. The molecule has 1 aliphatic heterocycles. The molecule has 0 aliphatic carbocycles. The highest BCUT2D eigenvalue weighted by Gasteiger charge is 2.29. The SMILES string of the molecule is CCCNc1nc(N)c(C(=O)N2CCN(C)CC2C)s1. The van der Waals surface area contributed by atoms with Gasteiger partial charge in [0.05, 0.1) is 0 Å². The first kappa shape index (κ1) is 15.1. The zero-order chi connectivity index (χ0) is 14.7. The summed E-state index contributed by atoms with van der Waals surface area (Å²) in [6.45, 7) is 7.53. The highest BCUT2D eigenvalue weighted by atomic mass is 32.1. The molecule has 0 radical (unpaired) electrons. The molecule has 6 nitrogen and oxygen atoms in total. The van der Waals surface area contributed by atoms with Gasteiger partial charge in [-0.15, -0.1) is 0 Å². The molecule has 20 heavy (non-hydrogen) atoms. The van der Waals surface area contributed by atoms with E-state index >= 15 is 0 Å². The fourth-order valence-electron chi connectivity index (χ4n) is 2.36. The zero-order valence-corrected chi connectivity index (χ0v) is 13.2. The number of aromatic nitrogens is 1. The van der Waals surface area contributed by atoms with E-state index < -0.39 is 0 Å². The maximum atomic E-state index is 12.6. The van der Waals surface area contributed by atoms with E-state index in [1.165, 1.54) is 11.3 Å². The van der Waals surface area contributed by atoms with Crippen molar-refractivity contribution >= 4 is 28.2 Å². The molecular formula is C13H23N5OS. The fourth-order valence-corrected chi connectivity index (χ4v) is 3.23. The van der Waals surface area contributed by atoms with Crippen LogP contribution in [0.3, 0.4) is 0 Å². The second kappa shape index (κ2) is 6.41. The van der Waals surface area contributed by atoms with E-state index in [0.29, 0.717) is 10.7 Å². The molecule has 1 unspecified atom stereocenters. The van der Waals surface area contributed by atoms with E-state index in [9.17, 15) is 4.79 Å². The predicted molar refractivity (Wildman–Crippen MR) is 83.3 cm³/mol. The normalized spacial score (nSPS) is 20.1. The first-order valence-corrected chi connectivity index (χ1v) is 7.84. The highest BCUT2D eigenvalue weighted by Crippen LogP contribution is 2.27. The third-order valence-corrected chi connectivity index (χ3v) is 4.48. The minimum atomic E-state index is 0.00477. The zero-order valence-electron chi connectivity index (χ0n) is 12.3. The maximum Gasteiger partial charge on any atom is 0.268 e. The van der Waals surface area contributed by atoms with Crippen molar-refractivity contribution < 1.29 is 4.79 Å². The van der Waals surface area contributed by atoms with Crippen LogP contribution < -0.4 is 11.1 Å². The summed E-state index contributed by atoms with van der Waals surface area (Å²) in [5, 5.41) is 3.91. The van der Waals surface area contributed by atoms with Crippen LogP contribution in [0.25, 0.3) is 0 Å². The average molecular weight is 297 g/mol. The van der Waals surface area contributed by atoms with Gasteiger partial charge in [-0.25, -0.2) is 4.98 Å². The maximum absolute atomic E-state index is 12.6. The van der Waals surface area contributed by atoms with Crippen LogP contribution in [0.15, 0.2) is 0 Å². The second-order valence-corrected chi connectivity index (χ2v) is 6.27. The number of hydrogen-bond donors (Lipinski definition) is 2. The van der Waals surface area contributed by atoms with E-state index in [-0.39, 0.29) is 11.9 Å². The van der Waals surface area contributed by atoms with Gasteiger partial charge in [-0.3, -0.25) is 4.79 Å². The van der Waals surface area contributed by atoms with Crippen LogP contribution in [0.4, 0.5) is 10.9 Å². The minimum absolute atomic E-state index is 0.00477. The molecule has 1 aromatic rings. The molecule has 0 aromatic carbocycles. The summed E-state index contributed by atoms with van der Waals surface area (Å²) in [6.07, 6.45) is 1.01. The van der Waals surface area contributed by atoms with Crippen LogP contribution in [0.1, 0.15) is 29.9 Å². The molecule has 7 heteroatoms. The van der Waals surface area contributed by atoms with Gasteiger partial charge in [0, 0.05) is 32.2 Å². The quantitative estimate of drug-likeness (QED) is 0.877. The molecule has 2 heterocycles. The van der Waals surface area contributed by atoms with Crippen molar-refractivity contribution in [2.45, 2.75) is 26.3 Å². The lowest BCUT2D eigenvalue weighted by atomic mass is 10.2. The lowest BCUT2D eigenvalue weighted by Gasteiger charge is -2.37. The molecule has 0 spiro atoms. The smallest absolute Gasteiger partial charge is 0.268 e. The van der Waals surface area contributed by atoms with E-state index in [1.807, 2.05) is 4.90 Å². The summed E-state index contributed by atoms with van der Waals surface area (Å²) < 4.78 is 0. The van der Waals surface area contributed by atoms with Crippen LogP contribution in [0.5, 0.6) is 0 Å². The van der Waals surface area contributed by atoms with Crippen molar-refractivity contribution in [2.75, 3.05) is 44.3 Å². The van der Waals surface area contributed by atoms with Crippen LogP contribution in [0, 0.1) is 0 Å². The number of carbonyl (C=O) groups excluding carboxylic acids is 1. The van der Waals surface area contributed by atoms with Gasteiger partial charge < -0.3 is 20.9 Å². The number of rotatable bonds is 4. The molecule has 1 aliphatic rings. The van der Waals surface area contributed by atoms with E-state index in [0.717, 1.165) is 37.7 Å². The summed E-state index contributed by atoms with van der Waals surface area (Å²) in [5.41, 5.74) is 5.89. The Bertz CT molecular complexity index is 475. The number of anilines is 2. The molecule has 1 atom stereocenters. The van der Waals surface area contributed by atoms with Crippen molar-refractivity contribution in [2.24, 2.45) is 0 Å². The number of nitrogens with zero attached hydrogens (tertiary/aromatic N) is 3. The van der Waals surface area contributed by atoms with Gasteiger partial charge in [0.25, 0.3) is 5.91 Å². The van der Waals surface area contributed by atoms with Gasteiger partial charge in [-0.1, -0.05) is 18.3 Å². The average Bonchev–Trinajstić information content (AvgIpc) is 2.77. The van der Waals surface area contributed by atoms with Crippen molar-refractivity contribution in [3.8, 4) is 0 Å². The van der Waals surface area contributed by atoms with Gasteiger partial charge in [-0.2, -0.15) is 0 Å². The lowest BCUT2D eigenvalue weighted by molar-refractivity contribution is 0.0539. The van der Waals surface area contributed by atoms with Gasteiger partial charge >= 0.3 is 0 Å². The van der Waals surface area contributed by atoms with Crippen LogP contribution >= 0.6 is 11.3 Å². The Labute approximate surface area is 124 Å². The second-order valence-electron chi connectivity index (χ2n) is 5.27. The number of nitrogen functional groups attached to an aromatic ring is 1. The minimum Gasteiger partial charge on any atom is -0.382 e. The Kier molecular flexibility index (Phi) is 4.82. The molecule has 1 aromatic heterocycles. The van der Waals surface area contributed by atoms with Crippen LogP contribution in [-0.4, -0.2) is 60.0 Å². The molecule has 1 amide bonds. The van der Waals surface area contributed by atoms with Gasteiger partial charge in [0.2, 0.25) is 0 Å². The first-order chi connectivity index (χ1) is 9.52. The molecule has 1 saturated heterocycles. The molecular weight excluding hydrogens is 274 g/mol. The van der Waals surface area contributed by atoms with Crippen LogP contribution in [-0.2, 0) is 0 Å². The molecule has 0 bridgehead atoms. The summed E-state index contributed by atoms with van der Waals surface area (Å²) in [7, 11) is 2.08. The Morgan fingerprint density at radius 1 is 1.55 bits per heavy atom. The monoisotopic (exact) mass is 297 g/mol. The fraction of sp³-hybridized carbons (Fsp3) is 0.692. The van der Waals surface area contributed by atoms with Crippen LogP contribution in [0.2, 0.25) is 0 Å². The van der Waals surface area contributed by atoms with Crippen molar-refractivity contribution in [1.29, 1.82) is 0 Å². The summed E-state index contributed by atoms with van der Waals surface area (Å²) in [4.78, 5) is 21.5. The van der Waals surface area contributed by atoms with E-state index in [4.69, 9.17) is 5.73 Å². The van der Waals surface area contributed by atoms with Gasteiger partial charge in [0.15, 0.2) is 5.13 Å². The number of hydrogen-bond acceptors (Lipinski definition) is 6. The number of nitrogens with two attached hydrogens (primary N) is 1. The number of nitrogens with one attached hydrogen (secondary N) is 1. The molecule has 1 fully saturated rings. The summed E-state index contributed by atoms with van der Waals surface area (Å²) in [5.74, 6) is 0.342. The molecule has 112 valence electrons. The Balaban J connectivity index is 2.10. The summed E-state index contributed by atoms with van der Waals surface area (Å²) >= 11 is 1.35. The number of amides is 1. The number of thiazole rings is 1. The predicted octanol–water partition coefficient (Wildman–Crippen LogP) is 1.32. The standard InChI is InChI=1S/C13H23N5OS/c1-4-5-15-13-16-11(14)10(20-13)12(19)18-7-6-17(3)8-9(18)2/h9H,4-8,14H2,1-3H3,(H,15,16). The Morgan fingerprint density at radius 3 is 2.95 bits per heavy atom. The largest absolute Gasteiger partial charge is 0.382 e. The highest BCUT2D eigenvalue weighted by molar-refractivity contribution is 7.18. The van der Waals surface area contributed by atoms with Gasteiger partial charge in [0.1, 0.15) is 10.7 Å². The molecule has 2 rings (SSSR count). The molecule has 3 N–H and O–H groups in total. The Hall–Kier alpha value is -1.34. The summed E-state index contributed by atoms with van der Waals surface area (Å²) in [6, 6.07) is 0.204. The third-order valence-electron chi connectivity index (χ3n) is 3.47. The number of piperazine rings is 1. The van der Waals surface area contributed by atoms with E-state index in [1.54, 1.807) is 0 Å². The van der Waals surface area contributed by atoms with Crippen molar-refractivity contribution in [3.63, 3.8) is 0 Å².